The van der Waals surface area contributed by atoms with Gasteiger partial charge in [-0.1, -0.05) is 17.7 Å². The summed E-state index contributed by atoms with van der Waals surface area (Å²) in [5.74, 6) is -0.477. The van der Waals surface area contributed by atoms with Crippen LogP contribution in [0.15, 0.2) is 24.3 Å². The molecule has 1 amide bonds. The first kappa shape index (κ1) is 16.7. The minimum absolute atomic E-state index is 0.261. The zero-order valence-corrected chi connectivity index (χ0v) is 13.8. The Morgan fingerprint density at radius 3 is 2.39 bits per heavy atom. The second-order valence-electron chi connectivity index (χ2n) is 5.42. The summed E-state index contributed by atoms with van der Waals surface area (Å²) in [6, 6.07) is 7.63. The molecule has 1 N–H and O–H groups in total. The van der Waals surface area contributed by atoms with E-state index in [2.05, 4.69) is 10.4 Å². The Hall–Kier alpha value is -2.63. The third-order valence-electron chi connectivity index (χ3n) is 3.62. The molecule has 1 aromatic heterocycles. The van der Waals surface area contributed by atoms with E-state index < -0.39 is 11.7 Å². The van der Waals surface area contributed by atoms with E-state index in [0.717, 1.165) is 11.3 Å². The quantitative estimate of drug-likeness (QED) is 0.500. The molecule has 0 saturated carbocycles. The van der Waals surface area contributed by atoms with E-state index in [-0.39, 0.29) is 6.54 Å². The van der Waals surface area contributed by atoms with E-state index >= 15 is 0 Å². The fourth-order valence-electron chi connectivity index (χ4n) is 2.26. The standard InChI is InChI=1S/C17H21N3O3/c1-11-5-7-14(8-6-11)23-10-9-18-17(22)16(21)15-12(2)19-20(4)13(15)3/h5-8H,9-10H2,1-4H3,(H,18,22). The van der Waals surface area contributed by atoms with Crippen molar-refractivity contribution in [1.82, 2.24) is 15.1 Å². The number of aromatic nitrogens is 2. The molecule has 23 heavy (non-hydrogen) atoms. The smallest absolute Gasteiger partial charge is 0.292 e. The van der Waals surface area contributed by atoms with Crippen molar-refractivity contribution < 1.29 is 14.3 Å². The summed E-state index contributed by atoms with van der Waals surface area (Å²) in [6.45, 7) is 6.04. The van der Waals surface area contributed by atoms with E-state index in [1.165, 1.54) is 0 Å². The van der Waals surface area contributed by atoms with Crippen molar-refractivity contribution in [2.24, 2.45) is 7.05 Å². The molecular formula is C17H21N3O3. The number of carbonyl (C=O) groups excluding carboxylic acids is 2. The number of benzene rings is 1. The molecule has 0 aliphatic rings. The number of nitrogens with one attached hydrogen (secondary N) is 1. The Morgan fingerprint density at radius 1 is 1.17 bits per heavy atom. The molecule has 0 radical (unpaired) electrons. The van der Waals surface area contributed by atoms with Crippen LogP contribution in [0.2, 0.25) is 0 Å². The van der Waals surface area contributed by atoms with Gasteiger partial charge in [0, 0.05) is 12.7 Å². The number of aryl methyl sites for hydroxylation is 3. The summed E-state index contributed by atoms with van der Waals surface area (Å²) in [6.07, 6.45) is 0. The summed E-state index contributed by atoms with van der Waals surface area (Å²) >= 11 is 0. The third-order valence-corrected chi connectivity index (χ3v) is 3.62. The molecule has 1 aromatic carbocycles. The Bertz CT molecular complexity index is 717. The molecule has 0 atom stereocenters. The molecule has 0 aliphatic carbocycles. The van der Waals surface area contributed by atoms with Gasteiger partial charge in [0.05, 0.1) is 17.8 Å². The van der Waals surface area contributed by atoms with E-state index in [0.29, 0.717) is 23.6 Å². The van der Waals surface area contributed by atoms with E-state index in [4.69, 9.17) is 4.74 Å². The molecule has 0 saturated heterocycles. The van der Waals surface area contributed by atoms with Crippen LogP contribution < -0.4 is 10.1 Å². The van der Waals surface area contributed by atoms with Gasteiger partial charge in [-0.05, 0) is 32.9 Å². The van der Waals surface area contributed by atoms with Gasteiger partial charge < -0.3 is 10.1 Å². The number of hydrogen-bond donors (Lipinski definition) is 1. The molecule has 0 bridgehead atoms. The molecule has 0 spiro atoms. The fourth-order valence-corrected chi connectivity index (χ4v) is 2.26. The van der Waals surface area contributed by atoms with Crippen LogP contribution >= 0.6 is 0 Å². The molecule has 2 aromatic rings. The van der Waals surface area contributed by atoms with Crippen LogP contribution in [0.25, 0.3) is 0 Å². The lowest BCUT2D eigenvalue weighted by Crippen LogP contribution is -2.34. The minimum Gasteiger partial charge on any atom is -0.492 e. The number of nitrogens with zero attached hydrogens (tertiary/aromatic N) is 2. The first-order valence-electron chi connectivity index (χ1n) is 7.42. The normalized spacial score (nSPS) is 10.4. The molecule has 0 unspecified atom stereocenters. The number of Topliss-reactive ketones (excluding diaryl/α,β-unsaturated/α-hetero) is 1. The van der Waals surface area contributed by atoms with Gasteiger partial charge in [0.15, 0.2) is 0 Å². The third kappa shape index (κ3) is 3.97. The van der Waals surface area contributed by atoms with Crippen molar-refractivity contribution in [2.75, 3.05) is 13.2 Å². The lowest BCUT2D eigenvalue weighted by atomic mass is 10.1. The van der Waals surface area contributed by atoms with E-state index in [1.54, 1.807) is 25.6 Å². The number of amides is 1. The highest BCUT2D eigenvalue weighted by atomic mass is 16.5. The van der Waals surface area contributed by atoms with Gasteiger partial charge in [-0.2, -0.15) is 5.10 Å². The average molecular weight is 315 g/mol. The van der Waals surface area contributed by atoms with Crippen molar-refractivity contribution in [2.45, 2.75) is 20.8 Å². The molecule has 2 rings (SSSR count). The SMILES string of the molecule is Cc1ccc(OCCNC(=O)C(=O)c2c(C)nn(C)c2C)cc1. The van der Waals surface area contributed by atoms with Gasteiger partial charge >= 0.3 is 0 Å². The summed E-state index contributed by atoms with van der Waals surface area (Å²) in [5, 5.41) is 6.72. The van der Waals surface area contributed by atoms with Crippen molar-refractivity contribution >= 4 is 11.7 Å². The molecular weight excluding hydrogens is 294 g/mol. The maximum Gasteiger partial charge on any atom is 0.292 e. The van der Waals surface area contributed by atoms with Crippen molar-refractivity contribution in [1.29, 1.82) is 0 Å². The zero-order valence-electron chi connectivity index (χ0n) is 13.8. The Morgan fingerprint density at radius 2 is 1.83 bits per heavy atom. The van der Waals surface area contributed by atoms with Crippen LogP contribution in [0, 0.1) is 20.8 Å². The second-order valence-corrected chi connectivity index (χ2v) is 5.42. The van der Waals surface area contributed by atoms with Crippen LogP contribution in [0.5, 0.6) is 5.75 Å². The van der Waals surface area contributed by atoms with Gasteiger partial charge in [0.2, 0.25) is 0 Å². The Kier molecular flexibility index (Phi) is 5.16. The van der Waals surface area contributed by atoms with Gasteiger partial charge in [0.25, 0.3) is 11.7 Å². The van der Waals surface area contributed by atoms with Gasteiger partial charge in [-0.25, -0.2) is 0 Å². The summed E-state index contributed by atoms with van der Waals surface area (Å²) in [7, 11) is 1.74. The fraction of sp³-hybridized carbons (Fsp3) is 0.353. The first-order valence-corrected chi connectivity index (χ1v) is 7.42. The number of ether oxygens (including phenoxy) is 1. The highest BCUT2D eigenvalue weighted by Crippen LogP contribution is 2.13. The molecule has 0 fully saturated rings. The number of carbonyl (C=O) groups is 2. The van der Waals surface area contributed by atoms with E-state index in [9.17, 15) is 9.59 Å². The monoisotopic (exact) mass is 315 g/mol. The van der Waals surface area contributed by atoms with Crippen molar-refractivity contribution in [3.8, 4) is 5.75 Å². The first-order chi connectivity index (χ1) is 10.9. The van der Waals surface area contributed by atoms with Crippen LogP contribution in [-0.4, -0.2) is 34.6 Å². The summed E-state index contributed by atoms with van der Waals surface area (Å²) < 4.78 is 7.10. The highest BCUT2D eigenvalue weighted by molar-refractivity contribution is 6.43. The van der Waals surface area contributed by atoms with Crippen LogP contribution in [-0.2, 0) is 11.8 Å². The highest BCUT2D eigenvalue weighted by Gasteiger charge is 2.23. The topological polar surface area (TPSA) is 73.2 Å². The predicted octanol–water partition coefficient (Wildman–Crippen LogP) is 1.72. The maximum atomic E-state index is 12.2. The van der Waals surface area contributed by atoms with E-state index in [1.807, 2.05) is 31.2 Å². The average Bonchev–Trinajstić information content (AvgIpc) is 2.77. The second kappa shape index (κ2) is 7.09. The minimum atomic E-state index is -0.642. The lowest BCUT2D eigenvalue weighted by molar-refractivity contribution is -0.117. The van der Waals surface area contributed by atoms with Gasteiger partial charge in [-0.3, -0.25) is 14.3 Å². The summed E-state index contributed by atoms with van der Waals surface area (Å²) in [5.41, 5.74) is 2.75. The predicted molar refractivity (Wildman–Crippen MR) is 86.7 cm³/mol. The molecule has 0 aliphatic heterocycles. The van der Waals surface area contributed by atoms with Crippen LogP contribution in [0.1, 0.15) is 27.3 Å². The maximum absolute atomic E-state index is 12.2. The van der Waals surface area contributed by atoms with Crippen molar-refractivity contribution in [3.63, 3.8) is 0 Å². The number of hydrogen-bond acceptors (Lipinski definition) is 4. The zero-order chi connectivity index (χ0) is 17.0. The van der Waals surface area contributed by atoms with Crippen LogP contribution in [0.3, 0.4) is 0 Å². The number of ketones is 1. The Balaban J connectivity index is 1.85. The number of rotatable bonds is 6. The van der Waals surface area contributed by atoms with Crippen molar-refractivity contribution in [3.05, 3.63) is 46.8 Å². The lowest BCUT2D eigenvalue weighted by Gasteiger charge is -2.08. The molecule has 122 valence electrons. The molecule has 6 heteroatoms. The summed E-state index contributed by atoms with van der Waals surface area (Å²) in [4.78, 5) is 24.2. The van der Waals surface area contributed by atoms with Gasteiger partial charge in [-0.15, -0.1) is 0 Å². The largest absolute Gasteiger partial charge is 0.492 e. The Labute approximate surface area is 135 Å². The molecule has 1 heterocycles. The molecule has 6 nitrogen and oxygen atoms in total. The van der Waals surface area contributed by atoms with Crippen LogP contribution in [0.4, 0.5) is 0 Å². The van der Waals surface area contributed by atoms with Gasteiger partial charge in [0.1, 0.15) is 12.4 Å².